The van der Waals surface area contributed by atoms with Gasteiger partial charge in [-0.1, -0.05) is 42.5 Å². The molecule has 5 rings (SSSR count). The van der Waals surface area contributed by atoms with E-state index in [1.807, 2.05) is 0 Å². The van der Waals surface area contributed by atoms with Crippen LogP contribution in [0.3, 0.4) is 0 Å². The third-order valence-electron chi connectivity index (χ3n) is 5.88. The van der Waals surface area contributed by atoms with Crippen molar-refractivity contribution < 1.29 is 0 Å². The number of piperazine rings is 1. The lowest BCUT2D eigenvalue weighted by molar-refractivity contribution is 0.151. The molecule has 5 nitrogen and oxygen atoms in total. The lowest BCUT2D eigenvalue weighted by atomic mass is 10.1. The summed E-state index contributed by atoms with van der Waals surface area (Å²) in [5.41, 5.74) is 4.72. The molecule has 28 heavy (non-hydrogen) atoms. The molecule has 1 aliphatic heterocycles. The first-order valence-corrected chi connectivity index (χ1v) is 10.2. The first-order chi connectivity index (χ1) is 13.8. The Morgan fingerprint density at radius 1 is 0.857 bits per heavy atom. The number of nitrogens with zero attached hydrogens (tertiary/aromatic N) is 5. The highest BCUT2D eigenvalue weighted by Gasteiger charge is 2.17. The molecule has 1 saturated heterocycles. The minimum atomic E-state index is 0.983. The molecule has 5 heteroatoms. The Morgan fingerprint density at radius 2 is 1.61 bits per heavy atom. The molecule has 0 amide bonds. The summed E-state index contributed by atoms with van der Waals surface area (Å²) >= 11 is 0. The number of benzene rings is 2. The van der Waals surface area contributed by atoms with E-state index in [9.17, 15) is 0 Å². The molecule has 0 saturated carbocycles. The first-order valence-electron chi connectivity index (χ1n) is 10.2. The lowest BCUT2D eigenvalue weighted by Gasteiger charge is -2.32. The molecule has 0 N–H and O–H groups in total. The van der Waals surface area contributed by atoms with E-state index in [4.69, 9.17) is 4.98 Å². The van der Waals surface area contributed by atoms with Gasteiger partial charge >= 0.3 is 0 Å². The van der Waals surface area contributed by atoms with E-state index in [1.54, 1.807) is 0 Å². The highest BCUT2D eigenvalue weighted by Crippen LogP contribution is 2.26. The zero-order chi connectivity index (χ0) is 18.9. The van der Waals surface area contributed by atoms with Crippen molar-refractivity contribution >= 4 is 16.8 Å². The van der Waals surface area contributed by atoms with Gasteiger partial charge in [0.05, 0.1) is 16.7 Å². The molecule has 2 aromatic carbocycles. The predicted octanol–water partition coefficient (Wildman–Crippen LogP) is 3.59. The maximum Gasteiger partial charge on any atom is 0.215 e. The van der Waals surface area contributed by atoms with E-state index in [0.29, 0.717) is 0 Å². The number of likely N-dealkylation sites (N-methyl/N-ethyl adjacent to an activating group) is 1. The van der Waals surface area contributed by atoms with E-state index in [1.165, 1.54) is 43.0 Å². The molecule has 1 fully saturated rings. The van der Waals surface area contributed by atoms with Crippen molar-refractivity contribution in [2.24, 2.45) is 0 Å². The summed E-state index contributed by atoms with van der Waals surface area (Å²) < 4.78 is 4.64. The highest BCUT2D eigenvalue weighted by molar-refractivity contribution is 5.81. The molecule has 0 unspecified atom stereocenters. The molecular weight excluding hydrogens is 346 g/mol. The van der Waals surface area contributed by atoms with Gasteiger partial charge in [-0.05, 0) is 37.7 Å². The highest BCUT2D eigenvalue weighted by atomic mass is 15.2. The Hall–Kier alpha value is -2.63. The zero-order valence-electron chi connectivity index (χ0n) is 16.5. The van der Waals surface area contributed by atoms with Gasteiger partial charge in [0.2, 0.25) is 5.78 Å². The molecule has 2 aromatic heterocycles. The second-order valence-electron chi connectivity index (χ2n) is 7.80. The van der Waals surface area contributed by atoms with Gasteiger partial charge in [-0.15, -0.1) is 0 Å². The third-order valence-corrected chi connectivity index (χ3v) is 5.88. The molecule has 1 aliphatic rings. The quantitative estimate of drug-likeness (QED) is 0.535. The van der Waals surface area contributed by atoms with Gasteiger partial charge in [0.25, 0.3) is 0 Å². The fraction of sp³-hybridized carbons (Fsp3) is 0.348. The minimum Gasteiger partial charge on any atom is -0.310 e. The number of aryl methyl sites for hydroxylation is 1. The van der Waals surface area contributed by atoms with E-state index in [-0.39, 0.29) is 0 Å². The van der Waals surface area contributed by atoms with Gasteiger partial charge in [-0.25, -0.2) is 4.98 Å². The van der Waals surface area contributed by atoms with Crippen LogP contribution < -0.4 is 0 Å². The van der Waals surface area contributed by atoms with Crippen LogP contribution in [0.25, 0.3) is 28.1 Å². The van der Waals surface area contributed by atoms with E-state index in [2.05, 4.69) is 86.6 Å². The number of rotatable bonds is 5. The SMILES string of the molecule is CN1CCN(CCCn2c(-c3ccccc3)cn3c4ccccc4nc23)CC1. The number of para-hydroxylation sites is 2. The summed E-state index contributed by atoms with van der Waals surface area (Å²) in [4.78, 5) is 9.94. The normalized spacial score (nSPS) is 16.3. The number of fused-ring (bicyclic) bond motifs is 3. The predicted molar refractivity (Wildman–Crippen MR) is 115 cm³/mol. The van der Waals surface area contributed by atoms with Gasteiger partial charge in [0.15, 0.2) is 0 Å². The molecule has 0 aliphatic carbocycles. The maximum absolute atomic E-state index is 4.94. The minimum absolute atomic E-state index is 0.983. The Morgan fingerprint density at radius 3 is 2.43 bits per heavy atom. The van der Waals surface area contributed by atoms with Gasteiger partial charge in [0, 0.05) is 38.9 Å². The fourth-order valence-corrected chi connectivity index (χ4v) is 4.23. The summed E-state index contributed by atoms with van der Waals surface area (Å²) in [6.07, 6.45) is 3.38. The van der Waals surface area contributed by atoms with Gasteiger partial charge < -0.3 is 14.4 Å². The number of aromatic nitrogens is 3. The molecule has 0 atom stereocenters. The van der Waals surface area contributed by atoms with Crippen LogP contribution in [0.4, 0.5) is 0 Å². The van der Waals surface area contributed by atoms with Gasteiger partial charge in [-0.3, -0.25) is 4.40 Å². The average molecular weight is 374 g/mol. The Kier molecular flexibility index (Phi) is 4.63. The largest absolute Gasteiger partial charge is 0.310 e. The van der Waals surface area contributed by atoms with Crippen molar-refractivity contribution in [1.82, 2.24) is 23.8 Å². The van der Waals surface area contributed by atoms with Crippen LogP contribution >= 0.6 is 0 Å². The van der Waals surface area contributed by atoms with Crippen molar-refractivity contribution in [3.05, 3.63) is 60.8 Å². The van der Waals surface area contributed by atoms with Crippen molar-refractivity contribution in [3.8, 4) is 11.3 Å². The maximum atomic E-state index is 4.94. The van der Waals surface area contributed by atoms with Crippen molar-refractivity contribution in [2.75, 3.05) is 39.8 Å². The van der Waals surface area contributed by atoms with Crippen molar-refractivity contribution in [3.63, 3.8) is 0 Å². The summed E-state index contributed by atoms with van der Waals surface area (Å²) in [6, 6.07) is 19.1. The monoisotopic (exact) mass is 373 g/mol. The van der Waals surface area contributed by atoms with Crippen molar-refractivity contribution in [1.29, 1.82) is 0 Å². The zero-order valence-corrected chi connectivity index (χ0v) is 16.5. The molecule has 3 heterocycles. The number of hydrogen-bond donors (Lipinski definition) is 0. The molecular formula is C23H27N5. The number of hydrogen-bond acceptors (Lipinski definition) is 3. The van der Waals surface area contributed by atoms with Crippen molar-refractivity contribution in [2.45, 2.75) is 13.0 Å². The standard InChI is InChI=1S/C23H27N5/c1-25-14-16-26(17-15-25)12-7-13-27-22(19-8-3-2-4-9-19)18-28-21-11-6-5-10-20(21)24-23(27)28/h2-6,8-11,18H,7,12-17H2,1H3. The molecule has 4 aromatic rings. The van der Waals surface area contributed by atoms with E-state index < -0.39 is 0 Å². The van der Waals surface area contributed by atoms with Crippen LogP contribution in [-0.4, -0.2) is 63.5 Å². The van der Waals surface area contributed by atoms with Crippen LogP contribution in [0.5, 0.6) is 0 Å². The number of imidazole rings is 2. The molecule has 0 bridgehead atoms. The lowest BCUT2D eigenvalue weighted by Crippen LogP contribution is -2.44. The Balaban J connectivity index is 1.46. The summed E-state index contributed by atoms with van der Waals surface area (Å²) in [7, 11) is 2.21. The van der Waals surface area contributed by atoms with Crippen LogP contribution in [0.15, 0.2) is 60.8 Å². The summed E-state index contributed by atoms with van der Waals surface area (Å²) in [5, 5.41) is 0. The van der Waals surface area contributed by atoms with Gasteiger partial charge in [-0.2, -0.15) is 0 Å². The first kappa shape index (κ1) is 17.5. The van der Waals surface area contributed by atoms with Crippen LogP contribution in [-0.2, 0) is 6.54 Å². The molecule has 0 radical (unpaired) electrons. The Labute approximate surface area is 165 Å². The smallest absolute Gasteiger partial charge is 0.215 e. The second kappa shape index (κ2) is 7.41. The Bertz CT molecular complexity index is 1070. The molecule has 0 spiro atoms. The second-order valence-corrected chi connectivity index (χ2v) is 7.80. The summed E-state index contributed by atoms with van der Waals surface area (Å²) in [5.74, 6) is 1.04. The fourth-order valence-electron chi connectivity index (χ4n) is 4.23. The van der Waals surface area contributed by atoms with E-state index in [0.717, 1.165) is 30.8 Å². The van der Waals surface area contributed by atoms with Crippen LogP contribution in [0, 0.1) is 0 Å². The van der Waals surface area contributed by atoms with E-state index >= 15 is 0 Å². The average Bonchev–Trinajstić information content (AvgIpc) is 3.27. The topological polar surface area (TPSA) is 28.7 Å². The molecule has 144 valence electrons. The summed E-state index contributed by atoms with van der Waals surface area (Å²) in [6.45, 7) is 6.83. The van der Waals surface area contributed by atoms with Crippen LogP contribution in [0.2, 0.25) is 0 Å². The van der Waals surface area contributed by atoms with Gasteiger partial charge in [0.1, 0.15) is 0 Å². The van der Waals surface area contributed by atoms with Crippen LogP contribution in [0.1, 0.15) is 6.42 Å². The third kappa shape index (κ3) is 3.21.